The van der Waals surface area contributed by atoms with Crippen molar-refractivity contribution in [1.29, 1.82) is 0 Å². The highest BCUT2D eigenvalue weighted by molar-refractivity contribution is 7.17. The summed E-state index contributed by atoms with van der Waals surface area (Å²) in [5, 5.41) is 3.47. The third-order valence-electron chi connectivity index (χ3n) is 4.56. The monoisotopic (exact) mass is 387 g/mol. The van der Waals surface area contributed by atoms with Gasteiger partial charge in [0.15, 0.2) is 6.10 Å². The molecule has 0 unspecified atom stereocenters. The highest BCUT2D eigenvalue weighted by atomic mass is 32.1. The Labute approximate surface area is 163 Å². The molecule has 27 heavy (non-hydrogen) atoms. The van der Waals surface area contributed by atoms with E-state index < -0.39 is 6.10 Å². The Morgan fingerprint density at radius 2 is 2.04 bits per heavy atom. The van der Waals surface area contributed by atoms with Crippen LogP contribution in [0.3, 0.4) is 0 Å². The van der Waals surface area contributed by atoms with Crippen molar-refractivity contribution in [3.63, 3.8) is 0 Å². The van der Waals surface area contributed by atoms with Gasteiger partial charge in [-0.2, -0.15) is 0 Å². The molecule has 1 aliphatic rings. The van der Waals surface area contributed by atoms with Crippen LogP contribution in [0.15, 0.2) is 24.3 Å². The van der Waals surface area contributed by atoms with Crippen LogP contribution in [0.25, 0.3) is 0 Å². The van der Waals surface area contributed by atoms with Crippen LogP contribution in [-0.4, -0.2) is 24.6 Å². The third kappa shape index (κ3) is 4.50. The number of rotatable bonds is 6. The quantitative estimate of drug-likeness (QED) is 0.740. The lowest BCUT2D eigenvalue weighted by atomic mass is 9.95. The van der Waals surface area contributed by atoms with E-state index in [0.717, 1.165) is 36.8 Å². The van der Waals surface area contributed by atoms with Crippen LogP contribution in [-0.2, 0) is 22.4 Å². The molecule has 0 saturated heterocycles. The zero-order valence-electron chi connectivity index (χ0n) is 16.0. The number of fused-ring (bicyclic) bond motifs is 1. The van der Waals surface area contributed by atoms with Gasteiger partial charge in [-0.1, -0.05) is 12.1 Å². The molecular formula is C21H25NO4S. The van der Waals surface area contributed by atoms with E-state index in [4.69, 9.17) is 9.47 Å². The van der Waals surface area contributed by atoms with Crippen molar-refractivity contribution in [1.82, 2.24) is 0 Å². The number of anilines is 1. The van der Waals surface area contributed by atoms with E-state index in [2.05, 4.69) is 5.32 Å². The molecule has 3 rings (SSSR count). The maximum Gasteiger partial charge on any atom is 0.341 e. The molecule has 2 aromatic rings. The SMILES string of the molecule is CCOC(=O)c1c(NC(=O)[C@H](C)Oc2cccc(C)c2)sc2c1CCCC2. The van der Waals surface area contributed by atoms with Gasteiger partial charge in [-0.3, -0.25) is 4.79 Å². The number of thiophene rings is 1. The number of amides is 1. The van der Waals surface area contributed by atoms with Crippen LogP contribution >= 0.6 is 11.3 Å². The fraction of sp³-hybridized carbons (Fsp3) is 0.429. The van der Waals surface area contributed by atoms with E-state index in [1.807, 2.05) is 31.2 Å². The van der Waals surface area contributed by atoms with Gasteiger partial charge >= 0.3 is 5.97 Å². The van der Waals surface area contributed by atoms with E-state index in [-0.39, 0.29) is 11.9 Å². The van der Waals surface area contributed by atoms with Gasteiger partial charge in [-0.25, -0.2) is 4.79 Å². The largest absolute Gasteiger partial charge is 0.481 e. The Hall–Kier alpha value is -2.34. The predicted octanol–water partition coefficient (Wildman–Crippen LogP) is 4.52. The number of esters is 1. The fourth-order valence-electron chi connectivity index (χ4n) is 3.23. The molecule has 5 nitrogen and oxygen atoms in total. The summed E-state index contributed by atoms with van der Waals surface area (Å²) in [7, 11) is 0. The summed E-state index contributed by atoms with van der Waals surface area (Å²) in [6, 6.07) is 7.57. The van der Waals surface area contributed by atoms with Crippen molar-refractivity contribution in [2.45, 2.75) is 52.6 Å². The van der Waals surface area contributed by atoms with E-state index in [9.17, 15) is 9.59 Å². The second kappa shape index (κ2) is 8.57. The summed E-state index contributed by atoms with van der Waals surface area (Å²) in [4.78, 5) is 26.3. The lowest BCUT2D eigenvalue weighted by Crippen LogP contribution is -2.30. The smallest absolute Gasteiger partial charge is 0.341 e. The second-order valence-electron chi connectivity index (χ2n) is 6.70. The number of carbonyl (C=O) groups excluding carboxylic acids is 2. The number of carbonyl (C=O) groups is 2. The van der Waals surface area contributed by atoms with Crippen LogP contribution in [0.5, 0.6) is 5.75 Å². The zero-order chi connectivity index (χ0) is 19.4. The molecule has 0 aliphatic heterocycles. The molecule has 6 heteroatoms. The van der Waals surface area contributed by atoms with Crippen molar-refractivity contribution >= 4 is 28.2 Å². The van der Waals surface area contributed by atoms with Gasteiger partial charge in [0.1, 0.15) is 10.8 Å². The molecule has 0 radical (unpaired) electrons. The summed E-state index contributed by atoms with van der Waals surface area (Å²) in [5.74, 6) is 0.00819. The van der Waals surface area contributed by atoms with Crippen molar-refractivity contribution in [3.8, 4) is 5.75 Å². The Kier molecular flexibility index (Phi) is 6.16. The van der Waals surface area contributed by atoms with Crippen LogP contribution < -0.4 is 10.1 Å². The van der Waals surface area contributed by atoms with Crippen LogP contribution in [0.1, 0.15) is 53.1 Å². The number of hydrogen-bond acceptors (Lipinski definition) is 5. The van der Waals surface area contributed by atoms with Crippen LogP contribution in [0.4, 0.5) is 5.00 Å². The van der Waals surface area contributed by atoms with Gasteiger partial charge in [-0.15, -0.1) is 11.3 Å². The molecule has 1 aromatic heterocycles. The summed E-state index contributed by atoms with van der Waals surface area (Å²) < 4.78 is 11.0. The predicted molar refractivity (Wildman–Crippen MR) is 107 cm³/mol. The van der Waals surface area contributed by atoms with Crippen molar-refractivity contribution in [2.24, 2.45) is 0 Å². The number of nitrogens with one attached hydrogen (secondary N) is 1. The van der Waals surface area contributed by atoms with E-state index in [0.29, 0.717) is 22.9 Å². The first-order valence-corrected chi connectivity index (χ1v) is 10.2. The summed E-state index contributed by atoms with van der Waals surface area (Å²) >= 11 is 1.48. The molecule has 0 saturated carbocycles. The molecule has 1 amide bonds. The standard InChI is InChI=1S/C21H25NO4S/c1-4-25-21(24)18-16-10-5-6-11-17(16)27-20(18)22-19(23)14(3)26-15-9-7-8-13(2)12-15/h7-9,12,14H,4-6,10-11H2,1-3H3,(H,22,23)/t14-/m0/s1. The Balaban J connectivity index is 1.78. The molecule has 1 aromatic carbocycles. The first-order valence-electron chi connectivity index (χ1n) is 9.35. The molecule has 1 heterocycles. The average Bonchev–Trinajstić information content (AvgIpc) is 2.99. The van der Waals surface area contributed by atoms with Gasteiger partial charge in [-0.05, 0) is 69.7 Å². The minimum Gasteiger partial charge on any atom is -0.481 e. The minimum absolute atomic E-state index is 0.277. The maximum atomic E-state index is 12.7. The second-order valence-corrected chi connectivity index (χ2v) is 7.81. The molecule has 1 aliphatic carbocycles. The Morgan fingerprint density at radius 1 is 1.26 bits per heavy atom. The molecule has 1 atom stereocenters. The number of aryl methyl sites for hydroxylation is 2. The molecule has 144 valence electrons. The summed E-state index contributed by atoms with van der Waals surface area (Å²) in [6.45, 7) is 5.77. The molecule has 0 bridgehead atoms. The van der Waals surface area contributed by atoms with Crippen molar-refractivity contribution < 1.29 is 19.1 Å². The number of ether oxygens (including phenoxy) is 2. The first-order chi connectivity index (χ1) is 13.0. The normalized spacial score (nSPS) is 14.2. The van der Waals surface area contributed by atoms with Crippen molar-refractivity contribution in [3.05, 3.63) is 45.8 Å². The number of benzene rings is 1. The first kappa shape index (κ1) is 19.4. The minimum atomic E-state index is -0.680. The highest BCUT2D eigenvalue weighted by Gasteiger charge is 2.28. The summed E-state index contributed by atoms with van der Waals surface area (Å²) in [5.41, 5.74) is 2.62. The molecular weight excluding hydrogens is 362 g/mol. The highest BCUT2D eigenvalue weighted by Crippen LogP contribution is 2.38. The van der Waals surface area contributed by atoms with Crippen molar-refractivity contribution in [2.75, 3.05) is 11.9 Å². The number of hydrogen-bond donors (Lipinski definition) is 1. The lowest BCUT2D eigenvalue weighted by Gasteiger charge is -2.15. The van der Waals surface area contributed by atoms with Gasteiger partial charge in [0.05, 0.1) is 12.2 Å². The van der Waals surface area contributed by atoms with Crippen LogP contribution in [0, 0.1) is 6.92 Å². The van der Waals surface area contributed by atoms with Gasteiger partial charge in [0, 0.05) is 4.88 Å². The van der Waals surface area contributed by atoms with Gasteiger partial charge < -0.3 is 14.8 Å². The maximum absolute atomic E-state index is 12.7. The molecule has 1 N–H and O–H groups in total. The van der Waals surface area contributed by atoms with E-state index in [1.165, 1.54) is 16.2 Å². The van der Waals surface area contributed by atoms with Gasteiger partial charge in [0.2, 0.25) is 0 Å². The zero-order valence-corrected chi connectivity index (χ0v) is 16.8. The topological polar surface area (TPSA) is 64.6 Å². The third-order valence-corrected chi connectivity index (χ3v) is 5.77. The fourth-order valence-corrected chi connectivity index (χ4v) is 4.51. The van der Waals surface area contributed by atoms with Gasteiger partial charge in [0.25, 0.3) is 5.91 Å². The Bertz CT molecular complexity index is 843. The Morgan fingerprint density at radius 3 is 2.78 bits per heavy atom. The molecule has 0 spiro atoms. The van der Waals surface area contributed by atoms with Crippen LogP contribution in [0.2, 0.25) is 0 Å². The lowest BCUT2D eigenvalue weighted by molar-refractivity contribution is -0.122. The molecule has 0 fully saturated rings. The summed E-state index contributed by atoms with van der Waals surface area (Å²) in [6.07, 6.45) is 3.27. The average molecular weight is 388 g/mol. The van der Waals surface area contributed by atoms with E-state index >= 15 is 0 Å². The van der Waals surface area contributed by atoms with E-state index in [1.54, 1.807) is 13.8 Å².